The lowest BCUT2D eigenvalue weighted by Gasteiger charge is -2.39. The average Bonchev–Trinajstić information content (AvgIpc) is 2.87. The molecule has 9 nitrogen and oxygen atoms in total. The van der Waals surface area contributed by atoms with E-state index in [1.165, 1.54) is 0 Å². The summed E-state index contributed by atoms with van der Waals surface area (Å²) < 4.78 is 22.3. The smallest absolute Gasteiger partial charge is 0.436 e. The van der Waals surface area contributed by atoms with Crippen LogP contribution in [0, 0.1) is 0 Å². The van der Waals surface area contributed by atoms with E-state index in [0.29, 0.717) is 45.1 Å². The molecule has 0 aliphatic carbocycles. The van der Waals surface area contributed by atoms with E-state index in [1.807, 2.05) is 12.1 Å². The molecule has 2 aromatic rings. The molecular weight excluding hydrogens is 438 g/mol. The number of hydrogen-bond acceptors (Lipinski definition) is 8. The van der Waals surface area contributed by atoms with Gasteiger partial charge in [0, 0.05) is 37.3 Å². The molecule has 9 heteroatoms. The highest BCUT2D eigenvalue weighted by atomic mass is 16.7. The van der Waals surface area contributed by atoms with Crippen molar-refractivity contribution in [1.82, 2.24) is 9.80 Å². The number of hydrogen-bond donors (Lipinski definition) is 0. The van der Waals surface area contributed by atoms with Gasteiger partial charge in [0.15, 0.2) is 13.6 Å². The Morgan fingerprint density at radius 2 is 1.44 bits per heavy atom. The summed E-state index contributed by atoms with van der Waals surface area (Å²) in [6.07, 6.45) is -0.413. The first kappa shape index (κ1) is 22.6. The van der Waals surface area contributed by atoms with Crippen molar-refractivity contribution >= 4 is 11.8 Å². The van der Waals surface area contributed by atoms with Gasteiger partial charge in [-0.05, 0) is 49.2 Å². The zero-order valence-corrected chi connectivity index (χ0v) is 19.5. The van der Waals surface area contributed by atoms with Crippen LogP contribution < -0.4 is 9.47 Å². The number of benzene rings is 2. The minimum atomic E-state index is -0.413. The van der Waals surface area contributed by atoms with Crippen LogP contribution in [0.2, 0.25) is 0 Å². The maximum absolute atomic E-state index is 12.4. The number of carbonyl (C=O) groups is 1. The fourth-order valence-electron chi connectivity index (χ4n) is 4.52. The van der Waals surface area contributed by atoms with Crippen LogP contribution >= 0.6 is 0 Å². The summed E-state index contributed by atoms with van der Waals surface area (Å²) in [5, 5.41) is 3.80. The molecule has 1 fully saturated rings. The number of piperazine rings is 1. The molecule has 0 radical (unpaired) electrons. The van der Waals surface area contributed by atoms with Crippen molar-refractivity contribution < 1.29 is 28.6 Å². The van der Waals surface area contributed by atoms with Crippen molar-refractivity contribution in [3.8, 4) is 11.5 Å². The van der Waals surface area contributed by atoms with Crippen molar-refractivity contribution in [2.24, 2.45) is 5.16 Å². The fourth-order valence-corrected chi connectivity index (χ4v) is 4.52. The number of ether oxygens (including phenoxy) is 4. The number of nitrogens with zero attached hydrogens (tertiary/aromatic N) is 3. The van der Waals surface area contributed by atoms with Gasteiger partial charge < -0.3 is 23.8 Å². The van der Waals surface area contributed by atoms with Crippen LogP contribution in [-0.4, -0.2) is 61.4 Å². The Labute approximate surface area is 198 Å². The average molecular weight is 468 g/mol. The van der Waals surface area contributed by atoms with Crippen molar-refractivity contribution in [1.29, 1.82) is 0 Å². The molecular formula is C25H29N3O6. The summed E-state index contributed by atoms with van der Waals surface area (Å²) >= 11 is 0. The number of oxime groups is 1. The fraction of sp³-hybridized carbons (Fsp3) is 0.440. The summed E-state index contributed by atoms with van der Waals surface area (Å²) in [6.45, 7) is 7.70. The van der Waals surface area contributed by atoms with Gasteiger partial charge >= 0.3 is 6.09 Å². The Kier molecular flexibility index (Phi) is 6.66. The van der Waals surface area contributed by atoms with Gasteiger partial charge in [0.1, 0.15) is 11.5 Å². The van der Waals surface area contributed by atoms with E-state index in [4.69, 9.17) is 23.8 Å². The van der Waals surface area contributed by atoms with Gasteiger partial charge in [0.05, 0.1) is 25.0 Å². The lowest BCUT2D eigenvalue weighted by atomic mass is 9.93. The highest BCUT2D eigenvalue weighted by Crippen LogP contribution is 2.36. The quantitative estimate of drug-likeness (QED) is 0.386. The molecule has 0 saturated carbocycles. The second-order valence-electron chi connectivity index (χ2n) is 8.78. The summed E-state index contributed by atoms with van der Waals surface area (Å²) in [7, 11) is 0. The molecule has 1 amide bonds. The molecule has 3 aliphatic rings. The van der Waals surface area contributed by atoms with Crippen molar-refractivity contribution in [3.05, 3.63) is 58.7 Å². The van der Waals surface area contributed by atoms with E-state index in [0.717, 1.165) is 33.8 Å². The maximum Gasteiger partial charge on any atom is 0.436 e. The zero-order valence-electron chi connectivity index (χ0n) is 19.5. The van der Waals surface area contributed by atoms with E-state index in [2.05, 4.69) is 34.3 Å². The molecule has 1 saturated heterocycles. The third-order valence-corrected chi connectivity index (χ3v) is 6.16. The predicted molar refractivity (Wildman–Crippen MR) is 124 cm³/mol. The Morgan fingerprint density at radius 1 is 0.882 bits per heavy atom. The molecule has 3 heterocycles. The Morgan fingerprint density at radius 3 is 1.97 bits per heavy atom. The van der Waals surface area contributed by atoms with Crippen LogP contribution in [-0.2, 0) is 27.5 Å². The molecule has 0 unspecified atom stereocenters. The highest BCUT2D eigenvalue weighted by molar-refractivity contribution is 5.79. The second kappa shape index (κ2) is 10.0. The van der Waals surface area contributed by atoms with Crippen molar-refractivity contribution in [2.45, 2.75) is 33.1 Å². The lowest BCUT2D eigenvalue weighted by molar-refractivity contribution is -0.0165. The van der Waals surface area contributed by atoms with Crippen molar-refractivity contribution in [3.63, 3.8) is 0 Å². The molecule has 0 atom stereocenters. The van der Waals surface area contributed by atoms with Crippen LogP contribution in [0.4, 0.5) is 4.79 Å². The molecule has 5 rings (SSSR count). The maximum atomic E-state index is 12.4. The number of rotatable bonds is 4. The topological polar surface area (TPSA) is 82.1 Å². The summed E-state index contributed by atoms with van der Waals surface area (Å²) in [5.41, 5.74) is 5.06. The molecule has 180 valence electrons. The normalized spacial score (nSPS) is 17.8. The Hall–Kier alpha value is -3.14. The summed E-state index contributed by atoms with van der Waals surface area (Å²) in [6, 6.07) is 12.6. The summed E-state index contributed by atoms with van der Waals surface area (Å²) in [4.78, 5) is 21.5. The first-order chi connectivity index (χ1) is 16.6. The minimum absolute atomic E-state index is 0.00599. The molecule has 2 aromatic carbocycles. The molecule has 0 N–H and O–H groups in total. The molecule has 0 bridgehead atoms. The zero-order chi connectivity index (χ0) is 23.5. The van der Waals surface area contributed by atoms with E-state index >= 15 is 0 Å². The highest BCUT2D eigenvalue weighted by Gasteiger charge is 2.30. The Bertz CT molecular complexity index is 1020. The SMILES string of the molecule is CC(C)=NOC(=O)N1CCN(C(c2ccc3c(c2)COCO3)c2ccc3c(c2)COCO3)CC1. The molecule has 0 spiro atoms. The van der Waals surface area contributed by atoms with E-state index in [1.54, 1.807) is 18.7 Å². The Balaban J connectivity index is 1.41. The molecule has 34 heavy (non-hydrogen) atoms. The van der Waals surface area contributed by atoms with Gasteiger partial charge in [0.2, 0.25) is 0 Å². The number of fused-ring (bicyclic) bond motifs is 2. The minimum Gasteiger partial charge on any atom is -0.467 e. The van der Waals surface area contributed by atoms with Crippen LogP contribution in [0.5, 0.6) is 11.5 Å². The predicted octanol–water partition coefficient (Wildman–Crippen LogP) is 3.66. The summed E-state index contributed by atoms with van der Waals surface area (Å²) in [5.74, 6) is 1.72. The second-order valence-corrected chi connectivity index (χ2v) is 8.78. The largest absolute Gasteiger partial charge is 0.467 e. The molecule has 3 aliphatic heterocycles. The lowest BCUT2D eigenvalue weighted by Crippen LogP contribution is -2.49. The van der Waals surface area contributed by atoms with Gasteiger partial charge in [-0.1, -0.05) is 17.3 Å². The van der Waals surface area contributed by atoms with Crippen LogP contribution in [0.3, 0.4) is 0 Å². The first-order valence-corrected chi connectivity index (χ1v) is 11.5. The van der Waals surface area contributed by atoms with Gasteiger partial charge in [0.25, 0.3) is 0 Å². The third-order valence-electron chi connectivity index (χ3n) is 6.16. The van der Waals surface area contributed by atoms with Crippen LogP contribution in [0.25, 0.3) is 0 Å². The van der Waals surface area contributed by atoms with Gasteiger partial charge in [-0.15, -0.1) is 0 Å². The van der Waals surface area contributed by atoms with E-state index in [-0.39, 0.29) is 19.6 Å². The van der Waals surface area contributed by atoms with Gasteiger partial charge in [-0.3, -0.25) is 9.74 Å². The first-order valence-electron chi connectivity index (χ1n) is 11.5. The van der Waals surface area contributed by atoms with Crippen LogP contribution in [0.1, 0.15) is 42.1 Å². The van der Waals surface area contributed by atoms with E-state index in [9.17, 15) is 4.79 Å². The van der Waals surface area contributed by atoms with Gasteiger partial charge in [-0.2, -0.15) is 0 Å². The number of carbonyl (C=O) groups excluding carboxylic acids is 1. The third kappa shape index (κ3) is 4.86. The van der Waals surface area contributed by atoms with Crippen molar-refractivity contribution in [2.75, 3.05) is 39.8 Å². The van der Waals surface area contributed by atoms with Crippen LogP contribution in [0.15, 0.2) is 41.6 Å². The molecule has 0 aromatic heterocycles. The van der Waals surface area contributed by atoms with Gasteiger partial charge in [-0.25, -0.2) is 4.79 Å². The monoisotopic (exact) mass is 467 g/mol. The van der Waals surface area contributed by atoms with E-state index < -0.39 is 6.09 Å². The standard InChI is InChI=1S/C25H29N3O6/c1-17(2)26-34-25(29)28-9-7-27(8-10-28)24(18-3-5-22-20(11-18)13-30-15-32-22)19-4-6-23-21(12-19)14-31-16-33-23/h3-6,11-12,24H,7-10,13-16H2,1-2H3. The number of amides is 1.